The first-order valence-corrected chi connectivity index (χ1v) is 12.5. The van der Waals surface area contributed by atoms with Crippen molar-refractivity contribution < 1.29 is 23.4 Å². The zero-order valence-corrected chi connectivity index (χ0v) is 20.7. The maximum atomic E-state index is 13.5. The zero-order chi connectivity index (χ0) is 26.0. The molecule has 37 heavy (non-hydrogen) atoms. The van der Waals surface area contributed by atoms with E-state index in [1.165, 1.54) is 29.2 Å². The molecule has 0 aliphatic carbocycles. The van der Waals surface area contributed by atoms with E-state index in [4.69, 9.17) is 4.74 Å². The van der Waals surface area contributed by atoms with E-state index in [1.807, 2.05) is 18.2 Å². The molecule has 5 rings (SSSR count). The number of hydrogen-bond donors (Lipinski definition) is 1. The molecule has 1 atom stereocenters. The lowest BCUT2D eigenvalue weighted by molar-refractivity contribution is -0.124. The lowest BCUT2D eigenvalue weighted by Crippen LogP contribution is -2.60. The highest BCUT2D eigenvalue weighted by atomic mass is 19.1. The number of nitrogens with zero attached hydrogens (tertiary/aromatic N) is 2. The molecule has 0 bridgehead atoms. The molecule has 1 amide bonds. The molecule has 2 aliphatic rings. The largest absolute Gasteiger partial charge is 0.437 e. The summed E-state index contributed by atoms with van der Waals surface area (Å²) in [5.41, 5.74) is 0.812. The number of hydrogen-bond acceptors (Lipinski definition) is 4. The third kappa shape index (κ3) is 4.89. The summed E-state index contributed by atoms with van der Waals surface area (Å²) >= 11 is 0. The molecule has 3 aromatic carbocycles. The van der Waals surface area contributed by atoms with Gasteiger partial charge in [-0.15, -0.1) is 0 Å². The minimum absolute atomic E-state index is 0.307. The summed E-state index contributed by atoms with van der Waals surface area (Å²) in [6.07, 6.45) is 3.32. The number of halogens is 2. The van der Waals surface area contributed by atoms with Crippen LogP contribution in [0.25, 0.3) is 5.57 Å². The topological polar surface area (TPSA) is 53.0 Å². The van der Waals surface area contributed by atoms with Gasteiger partial charge in [0.25, 0.3) is 0 Å². The van der Waals surface area contributed by atoms with E-state index >= 15 is 0 Å². The fourth-order valence-electron chi connectivity index (χ4n) is 5.39. The van der Waals surface area contributed by atoms with Crippen molar-refractivity contribution in [2.75, 3.05) is 24.5 Å². The molecule has 2 heterocycles. The highest BCUT2D eigenvalue weighted by molar-refractivity contribution is 5.92. The Kier molecular flexibility index (Phi) is 6.84. The van der Waals surface area contributed by atoms with E-state index in [1.54, 1.807) is 43.3 Å². The van der Waals surface area contributed by atoms with Gasteiger partial charge in [0, 0.05) is 32.5 Å². The molecule has 192 valence electrons. The molecule has 2 saturated heterocycles. The number of aliphatic hydroxyl groups is 1. The lowest BCUT2D eigenvalue weighted by Gasteiger charge is -2.44. The number of anilines is 1. The van der Waals surface area contributed by atoms with Crippen LogP contribution in [0.1, 0.15) is 37.3 Å². The van der Waals surface area contributed by atoms with Gasteiger partial charge < -0.3 is 14.7 Å². The van der Waals surface area contributed by atoms with Crippen molar-refractivity contribution >= 4 is 17.4 Å². The van der Waals surface area contributed by atoms with Gasteiger partial charge in [-0.2, -0.15) is 0 Å². The summed E-state index contributed by atoms with van der Waals surface area (Å²) < 4.78 is 32.8. The van der Waals surface area contributed by atoms with Crippen molar-refractivity contribution in [3.63, 3.8) is 0 Å². The third-order valence-corrected chi connectivity index (χ3v) is 7.55. The second kappa shape index (κ2) is 10.1. The zero-order valence-electron chi connectivity index (χ0n) is 20.7. The first-order valence-electron chi connectivity index (χ1n) is 12.5. The Hall–Kier alpha value is -3.55. The quantitative estimate of drug-likeness (QED) is 0.448. The summed E-state index contributed by atoms with van der Waals surface area (Å²) in [6.45, 7) is 3.76. The van der Waals surface area contributed by atoms with Gasteiger partial charge in [-0.1, -0.05) is 48.5 Å². The minimum Gasteiger partial charge on any atom is -0.437 e. The van der Waals surface area contributed by atoms with Crippen molar-refractivity contribution in [2.45, 2.75) is 37.5 Å². The van der Waals surface area contributed by atoms with Crippen LogP contribution in [0, 0.1) is 11.6 Å². The van der Waals surface area contributed by atoms with Gasteiger partial charge in [-0.25, -0.2) is 18.5 Å². The number of carbonyl (C=O) groups excluding carboxylic acids is 1. The second-order valence-corrected chi connectivity index (χ2v) is 9.82. The summed E-state index contributed by atoms with van der Waals surface area (Å²) in [6, 6.07) is 21.7. The summed E-state index contributed by atoms with van der Waals surface area (Å²) in [4.78, 5) is 16.4. The van der Waals surface area contributed by atoms with Gasteiger partial charge in [0.05, 0.1) is 5.69 Å². The standard InChI is InChI=1S/C30H30F2N2O3/c1-29(36)30(37-28(35)34(29)26-6-3-2-4-7-26)17-20-33(21-18-30)19-5-8-27(22-9-13-24(31)14-10-22)23-11-15-25(32)16-12-23/h2-4,6-16,36H,5,17-21H2,1H3. The molecule has 0 saturated carbocycles. The van der Waals surface area contributed by atoms with E-state index in [0.29, 0.717) is 31.6 Å². The highest BCUT2D eigenvalue weighted by Crippen LogP contribution is 2.46. The van der Waals surface area contributed by atoms with Crippen molar-refractivity contribution in [1.29, 1.82) is 0 Å². The number of para-hydroxylation sites is 1. The molecule has 2 fully saturated rings. The van der Waals surface area contributed by atoms with E-state index in [9.17, 15) is 18.7 Å². The molecule has 1 unspecified atom stereocenters. The molecular weight excluding hydrogens is 474 g/mol. The predicted octanol–water partition coefficient (Wildman–Crippen LogP) is 5.99. The van der Waals surface area contributed by atoms with Crippen LogP contribution in [0.4, 0.5) is 19.3 Å². The molecule has 5 nitrogen and oxygen atoms in total. The number of ether oxygens (including phenoxy) is 1. The Labute approximate surface area is 215 Å². The number of likely N-dealkylation sites (tertiary alicyclic amines) is 1. The van der Waals surface area contributed by atoms with E-state index in [-0.39, 0.29) is 11.6 Å². The average molecular weight is 505 g/mol. The Bertz CT molecular complexity index is 1220. The third-order valence-electron chi connectivity index (χ3n) is 7.55. The maximum absolute atomic E-state index is 13.5. The highest BCUT2D eigenvalue weighted by Gasteiger charge is 2.63. The first-order chi connectivity index (χ1) is 17.8. The van der Waals surface area contributed by atoms with Gasteiger partial charge >= 0.3 is 6.09 Å². The molecule has 0 radical (unpaired) electrons. The maximum Gasteiger partial charge on any atom is 0.417 e. The Morgan fingerprint density at radius 2 is 1.46 bits per heavy atom. The van der Waals surface area contributed by atoms with Gasteiger partial charge in [0.15, 0.2) is 11.3 Å². The second-order valence-electron chi connectivity index (χ2n) is 9.82. The molecule has 1 spiro atoms. The van der Waals surface area contributed by atoms with Crippen LogP contribution in [0.5, 0.6) is 0 Å². The van der Waals surface area contributed by atoms with Crippen LogP contribution >= 0.6 is 0 Å². The first kappa shape index (κ1) is 25.1. The Morgan fingerprint density at radius 3 is 2.00 bits per heavy atom. The number of amides is 1. The lowest BCUT2D eigenvalue weighted by atomic mass is 9.81. The monoisotopic (exact) mass is 504 g/mol. The summed E-state index contributed by atoms with van der Waals surface area (Å²) in [5, 5.41) is 11.5. The van der Waals surface area contributed by atoms with Crippen LogP contribution in [0.2, 0.25) is 0 Å². The smallest absolute Gasteiger partial charge is 0.417 e. The van der Waals surface area contributed by atoms with Gasteiger partial charge in [0.1, 0.15) is 11.6 Å². The molecule has 2 aliphatic heterocycles. The van der Waals surface area contributed by atoms with Crippen LogP contribution < -0.4 is 4.90 Å². The van der Waals surface area contributed by atoms with Crippen LogP contribution in [-0.2, 0) is 4.74 Å². The van der Waals surface area contributed by atoms with Crippen LogP contribution in [0.3, 0.4) is 0 Å². The van der Waals surface area contributed by atoms with E-state index in [0.717, 1.165) is 29.7 Å². The van der Waals surface area contributed by atoms with Crippen molar-refractivity contribution in [3.8, 4) is 0 Å². The Morgan fingerprint density at radius 1 is 0.919 bits per heavy atom. The fourth-order valence-corrected chi connectivity index (χ4v) is 5.39. The number of benzene rings is 3. The number of piperidine rings is 1. The molecule has 1 N–H and O–H groups in total. The summed E-state index contributed by atoms with van der Waals surface area (Å²) in [5.74, 6) is -0.613. The molecule has 7 heteroatoms. The van der Waals surface area contributed by atoms with Crippen molar-refractivity contribution in [2.24, 2.45) is 0 Å². The Balaban J connectivity index is 1.27. The van der Waals surface area contributed by atoms with Gasteiger partial charge in [0.2, 0.25) is 0 Å². The number of rotatable bonds is 6. The molecular formula is C30H30F2N2O3. The molecule has 0 aromatic heterocycles. The van der Waals surface area contributed by atoms with Crippen LogP contribution in [-0.4, -0.2) is 47.1 Å². The van der Waals surface area contributed by atoms with Crippen LogP contribution in [0.15, 0.2) is 84.9 Å². The normalized spacial score (nSPS) is 21.2. The van der Waals surface area contributed by atoms with Gasteiger partial charge in [-0.05, 0) is 66.4 Å². The fraction of sp³-hybridized carbons (Fsp3) is 0.300. The summed E-state index contributed by atoms with van der Waals surface area (Å²) in [7, 11) is 0. The SMILES string of the molecule is CC1(O)N(c2ccccc2)C(=O)OC12CCN(CCC=C(c1ccc(F)cc1)c1ccc(F)cc1)CC2. The number of carbonyl (C=O) groups is 1. The van der Waals surface area contributed by atoms with E-state index in [2.05, 4.69) is 11.0 Å². The average Bonchev–Trinajstić information content (AvgIpc) is 3.08. The van der Waals surface area contributed by atoms with Crippen molar-refractivity contribution in [3.05, 3.63) is 108 Å². The van der Waals surface area contributed by atoms with Crippen molar-refractivity contribution in [1.82, 2.24) is 4.90 Å². The minimum atomic E-state index is -1.46. The van der Waals surface area contributed by atoms with Gasteiger partial charge in [-0.3, -0.25) is 0 Å². The molecule has 3 aromatic rings. The van der Waals surface area contributed by atoms with E-state index < -0.39 is 17.4 Å². The predicted molar refractivity (Wildman–Crippen MR) is 139 cm³/mol.